The van der Waals surface area contributed by atoms with E-state index < -0.39 is 0 Å². The van der Waals surface area contributed by atoms with Crippen LogP contribution in [0.1, 0.15) is 30.1 Å². The van der Waals surface area contributed by atoms with E-state index >= 15 is 0 Å². The van der Waals surface area contributed by atoms with Crippen LogP contribution in [0.5, 0.6) is 0 Å². The molecule has 0 fully saturated rings. The number of rotatable bonds is 0. The van der Waals surface area contributed by atoms with Gasteiger partial charge in [-0.2, -0.15) is 0 Å². The number of aromatic amines is 1. The maximum atomic E-state index is 11.0. The molecule has 3 N–H and O–H groups in total. The van der Waals surface area contributed by atoms with Gasteiger partial charge in [-0.3, -0.25) is 4.79 Å². The summed E-state index contributed by atoms with van der Waals surface area (Å²) in [4.78, 5) is 13.8. The molecule has 1 aliphatic rings. The average molecular weight is 164 g/mol. The lowest BCUT2D eigenvalue weighted by atomic mass is 9.92. The Morgan fingerprint density at radius 3 is 3.17 bits per heavy atom. The minimum Gasteiger partial charge on any atom is -0.326 e. The zero-order valence-corrected chi connectivity index (χ0v) is 6.84. The molecule has 3 nitrogen and oxygen atoms in total. The molecule has 3 heteroatoms. The van der Waals surface area contributed by atoms with Crippen molar-refractivity contribution in [1.82, 2.24) is 4.98 Å². The standard InChI is InChI=1S/C9H12N2O/c10-7-2-1-3-8-6(7)4-5-9(12)11-8/h4-5,7H,1-3,10H2,(H,11,12)/t7-/m0/s1. The summed E-state index contributed by atoms with van der Waals surface area (Å²) in [5, 5.41) is 0. The van der Waals surface area contributed by atoms with Gasteiger partial charge in [0.05, 0.1) is 0 Å². The molecule has 0 saturated heterocycles. The van der Waals surface area contributed by atoms with Crippen molar-refractivity contribution in [3.05, 3.63) is 33.7 Å². The van der Waals surface area contributed by atoms with Crippen LogP contribution < -0.4 is 11.3 Å². The second-order valence-electron chi connectivity index (χ2n) is 3.26. The normalized spacial score (nSPS) is 21.9. The van der Waals surface area contributed by atoms with Gasteiger partial charge in [0.1, 0.15) is 0 Å². The molecular formula is C9H12N2O. The highest BCUT2D eigenvalue weighted by Gasteiger charge is 2.16. The maximum Gasteiger partial charge on any atom is 0.248 e. The molecule has 1 aromatic rings. The van der Waals surface area contributed by atoms with Crippen molar-refractivity contribution in [2.75, 3.05) is 0 Å². The summed E-state index contributed by atoms with van der Waals surface area (Å²) < 4.78 is 0. The van der Waals surface area contributed by atoms with Crippen LogP contribution in [0.25, 0.3) is 0 Å². The van der Waals surface area contributed by atoms with Crippen LogP contribution in [0.2, 0.25) is 0 Å². The Hall–Kier alpha value is -1.09. The molecule has 0 radical (unpaired) electrons. The van der Waals surface area contributed by atoms with Gasteiger partial charge in [-0.15, -0.1) is 0 Å². The monoisotopic (exact) mass is 164 g/mol. The predicted molar refractivity (Wildman–Crippen MR) is 46.9 cm³/mol. The molecule has 1 heterocycles. The highest BCUT2D eigenvalue weighted by atomic mass is 16.1. The second-order valence-corrected chi connectivity index (χ2v) is 3.26. The molecule has 0 aromatic carbocycles. The summed E-state index contributed by atoms with van der Waals surface area (Å²) in [6.45, 7) is 0. The van der Waals surface area contributed by atoms with Crippen molar-refractivity contribution < 1.29 is 0 Å². The molecule has 0 aliphatic heterocycles. The van der Waals surface area contributed by atoms with Gasteiger partial charge in [0, 0.05) is 17.8 Å². The van der Waals surface area contributed by atoms with Crippen molar-refractivity contribution in [2.45, 2.75) is 25.3 Å². The van der Waals surface area contributed by atoms with E-state index in [1.807, 2.05) is 6.07 Å². The molecule has 1 aliphatic carbocycles. The Morgan fingerprint density at radius 2 is 2.33 bits per heavy atom. The van der Waals surface area contributed by atoms with Crippen LogP contribution >= 0.6 is 0 Å². The number of fused-ring (bicyclic) bond motifs is 1. The molecule has 2 rings (SSSR count). The molecule has 1 atom stereocenters. The largest absolute Gasteiger partial charge is 0.326 e. The Morgan fingerprint density at radius 1 is 1.50 bits per heavy atom. The first-order valence-electron chi connectivity index (χ1n) is 4.25. The third-order valence-corrected chi connectivity index (χ3v) is 2.38. The highest BCUT2D eigenvalue weighted by molar-refractivity contribution is 5.25. The molecule has 64 valence electrons. The Bertz CT molecular complexity index is 343. The lowest BCUT2D eigenvalue weighted by Gasteiger charge is -2.20. The number of pyridine rings is 1. The van der Waals surface area contributed by atoms with Gasteiger partial charge < -0.3 is 10.7 Å². The number of hydrogen-bond donors (Lipinski definition) is 2. The van der Waals surface area contributed by atoms with Gasteiger partial charge in [-0.25, -0.2) is 0 Å². The number of aromatic nitrogens is 1. The molecule has 0 spiro atoms. The van der Waals surface area contributed by atoms with Crippen molar-refractivity contribution in [3.8, 4) is 0 Å². The third kappa shape index (κ3) is 1.16. The zero-order chi connectivity index (χ0) is 8.55. The molecule has 0 bridgehead atoms. The van der Waals surface area contributed by atoms with E-state index in [1.165, 1.54) is 0 Å². The van der Waals surface area contributed by atoms with Crippen molar-refractivity contribution in [2.24, 2.45) is 5.73 Å². The van der Waals surface area contributed by atoms with Crippen molar-refractivity contribution in [1.29, 1.82) is 0 Å². The van der Waals surface area contributed by atoms with Crippen molar-refractivity contribution >= 4 is 0 Å². The first kappa shape index (κ1) is 7.55. The first-order valence-corrected chi connectivity index (χ1v) is 4.25. The van der Waals surface area contributed by atoms with Gasteiger partial charge in [0.2, 0.25) is 5.56 Å². The van der Waals surface area contributed by atoms with E-state index in [2.05, 4.69) is 4.98 Å². The van der Waals surface area contributed by atoms with E-state index in [-0.39, 0.29) is 11.6 Å². The Kier molecular flexibility index (Phi) is 1.73. The SMILES string of the molecule is N[C@H]1CCCc2[nH]c(=O)ccc21. The fourth-order valence-corrected chi connectivity index (χ4v) is 1.74. The number of nitrogens with one attached hydrogen (secondary N) is 1. The van der Waals surface area contributed by atoms with Gasteiger partial charge in [0.25, 0.3) is 0 Å². The number of aryl methyl sites for hydroxylation is 1. The van der Waals surface area contributed by atoms with Crippen LogP contribution in [0, 0.1) is 0 Å². The third-order valence-electron chi connectivity index (χ3n) is 2.38. The minimum atomic E-state index is -0.0251. The van der Waals surface area contributed by atoms with Gasteiger partial charge in [-0.05, 0) is 24.8 Å². The van der Waals surface area contributed by atoms with Crippen LogP contribution in [-0.4, -0.2) is 4.98 Å². The number of hydrogen-bond acceptors (Lipinski definition) is 2. The van der Waals surface area contributed by atoms with Gasteiger partial charge >= 0.3 is 0 Å². The summed E-state index contributed by atoms with van der Waals surface area (Å²) in [6, 6.07) is 3.51. The molecule has 12 heavy (non-hydrogen) atoms. The van der Waals surface area contributed by atoms with E-state index in [1.54, 1.807) is 6.07 Å². The summed E-state index contributed by atoms with van der Waals surface area (Å²) in [5.41, 5.74) is 7.99. The molecule has 0 amide bonds. The lowest BCUT2D eigenvalue weighted by molar-refractivity contribution is 0.559. The van der Waals surface area contributed by atoms with E-state index in [4.69, 9.17) is 5.73 Å². The van der Waals surface area contributed by atoms with E-state index in [0.717, 1.165) is 30.5 Å². The summed E-state index contributed by atoms with van der Waals surface area (Å²) in [7, 11) is 0. The molecule has 0 saturated carbocycles. The van der Waals surface area contributed by atoms with Crippen LogP contribution in [0.15, 0.2) is 16.9 Å². The van der Waals surface area contributed by atoms with Gasteiger partial charge in [0.15, 0.2) is 0 Å². The summed E-state index contributed by atoms with van der Waals surface area (Å²) in [6.07, 6.45) is 3.06. The highest BCUT2D eigenvalue weighted by Crippen LogP contribution is 2.24. The Labute approximate surface area is 70.6 Å². The minimum absolute atomic E-state index is 0.0251. The van der Waals surface area contributed by atoms with E-state index in [9.17, 15) is 4.79 Å². The topological polar surface area (TPSA) is 58.9 Å². The Balaban J connectivity index is 2.53. The molecular weight excluding hydrogens is 152 g/mol. The zero-order valence-electron chi connectivity index (χ0n) is 6.84. The molecule has 0 unspecified atom stereocenters. The van der Waals surface area contributed by atoms with E-state index in [0.29, 0.717) is 0 Å². The fraction of sp³-hybridized carbons (Fsp3) is 0.444. The number of nitrogens with two attached hydrogens (primary N) is 1. The fourth-order valence-electron chi connectivity index (χ4n) is 1.74. The van der Waals surface area contributed by atoms with Crippen LogP contribution in [0.4, 0.5) is 0 Å². The number of H-pyrrole nitrogens is 1. The molecule has 1 aromatic heterocycles. The summed E-state index contributed by atoms with van der Waals surface area (Å²) >= 11 is 0. The maximum absolute atomic E-state index is 11.0. The second kappa shape index (κ2) is 2.75. The van der Waals surface area contributed by atoms with Crippen LogP contribution in [0.3, 0.4) is 0 Å². The average Bonchev–Trinajstić information content (AvgIpc) is 2.04. The quantitative estimate of drug-likeness (QED) is 0.593. The predicted octanol–water partition coefficient (Wildman–Crippen LogP) is 0.711. The first-order chi connectivity index (χ1) is 5.77. The summed E-state index contributed by atoms with van der Waals surface area (Å²) in [5.74, 6) is 0. The van der Waals surface area contributed by atoms with Crippen molar-refractivity contribution in [3.63, 3.8) is 0 Å². The van der Waals surface area contributed by atoms with Gasteiger partial charge in [-0.1, -0.05) is 6.07 Å². The smallest absolute Gasteiger partial charge is 0.248 e. The lowest BCUT2D eigenvalue weighted by Crippen LogP contribution is -2.21. The van der Waals surface area contributed by atoms with Crippen LogP contribution in [-0.2, 0) is 6.42 Å².